The molecule has 0 saturated heterocycles. The second-order valence-corrected chi connectivity index (χ2v) is 3.51. The Morgan fingerprint density at radius 3 is 2.82 bits per heavy atom. The predicted octanol–water partition coefficient (Wildman–Crippen LogP) is 0.635. The lowest BCUT2D eigenvalue weighted by Gasteiger charge is -2.08. The highest BCUT2D eigenvalue weighted by atomic mass is 16.5. The highest BCUT2D eigenvalue weighted by Gasteiger charge is 2.05. The van der Waals surface area contributed by atoms with E-state index in [1.807, 2.05) is 13.8 Å². The summed E-state index contributed by atoms with van der Waals surface area (Å²) in [6.45, 7) is 5.85. The molecule has 1 amide bonds. The van der Waals surface area contributed by atoms with Crippen molar-refractivity contribution in [1.82, 2.24) is 9.88 Å². The lowest BCUT2D eigenvalue weighted by molar-refractivity contribution is 0.0954. The maximum Gasteiger partial charge on any atom is 0.252 e. The van der Waals surface area contributed by atoms with Crippen molar-refractivity contribution in [3.63, 3.8) is 0 Å². The van der Waals surface area contributed by atoms with E-state index in [2.05, 4.69) is 5.32 Å². The van der Waals surface area contributed by atoms with Gasteiger partial charge >= 0.3 is 0 Å². The van der Waals surface area contributed by atoms with Gasteiger partial charge in [-0.05, 0) is 19.9 Å². The van der Waals surface area contributed by atoms with E-state index in [1.54, 1.807) is 6.20 Å². The zero-order valence-electron chi connectivity index (χ0n) is 10.2. The van der Waals surface area contributed by atoms with Crippen LogP contribution in [0.2, 0.25) is 0 Å². The lowest BCUT2D eigenvalue weighted by atomic mass is 10.2. The van der Waals surface area contributed by atoms with Gasteiger partial charge in [0, 0.05) is 32.0 Å². The van der Waals surface area contributed by atoms with E-state index in [9.17, 15) is 9.59 Å². The number of ether oxygens (including phenoxy) is 1. The van der Waals surface area contributed by atoms with Crippen LogP contribution in [0.1, 0.15) is 24.2 Å². The summed E-state index contributed by atoms with van der Waals surface area (Å²) in [6, 6.07) is 2.93. The Labute approximate surface area is 100 Å². The van der Waals surface area contributed by atoms with Gasteiger partial charge in [0.25, 0.3) is 11.5 Å². The monoisotopic (exact) mass is 238 g/mol. The molecule has 5 heteroatoms. The van der Waals surface area contributed by atoms with Crippen LogP contribution in [0.25, 0.3) is 0 Å². The fourth-order valence-corrected chi connectivity index (χ4v) is 1.41. The topological polar surface area (TPSA) is 60.3 Å². The van der Waals surface area contributed by atoms with Crippen molar-refractivity contribution in [3.8, 4) is 0 Å². The van der Waals surface area contributed by atoms with E-state index in [0.29, 0.717) is 31.9 Å². The maximum absolute atomic E-state index is 11.6. The van der Waals surface area contributed by atoms with Gasteiger partial charge in [0.2, 0.25) is 0 Å². The van der Waals surface area contributed by atoms with Crippen molar-refractivity contribution >= 4 is 5.91 Å². The van der Waals surface area contributed by atoms with Gasteiger partial charge in [-0.15, -0.1) is 0 Å². The highest BCUT2D eigenvalue weighted by molar-refractivity contribution is 5.93. The number of nitrogens with one attached hydrogen (secondary N) is 1. The molecule has 17 heavy (non-hydrogen) atoms. The van der Waals surface area contributed by atoms with Crippen molar-refractivity contribution in [2.45, 2.75) is 20.4 Å². The smallest absolute Gasteiger partial charge is 0.252 e. The molecular formula is C12H18N2O3. The quantitative estimate of drug-likeness (QED) is 0.740. The van der Waals surface area contributed by atoms with E-state index < -0.39 is 0 Å². The van der Waals surface area contributed by atoms with E-state index in [0.717, 1.165) is 0 Å². The standard InChI is InChI=1S/C12H18N2O3/c1-3-13-12(16)10-5-6-11(15)14(9-10)7-8-17-4-2/h5-6,9H,3-4,7-8H2,1-2H3,(H,13,16). The van der Waals surface area contributed by atoms with Gasteiger partial charge in [-0.25, -0.2) is 0 Å². The van der Waals surface area contributed by atoms with Crippen LogP contribution in [0.3, 0.4) is 0 Å². The van der Waals surface area contributed by atoms with Crippen LogP contribution in [0.15, 0.2) is 23.1 Å². The van der Waals surface area contributed by atoms with E-state index in [1.165, 1.54) is 16.7 Å². The van der Waals surface area contributed by atoms with Gasteiger partial charge in [0.05, 0.1) is 12.2 Å². The number of amides is 1. The average Bonchev–Trinajstić information content (AvgIpc) is 2.32. The summed E-state index contributed by atoms with van der Waals surface area (Å²) < 4.78 is 6.67. The number of rotatable bonds is 6. The van der Waals surface area contributed by atoms with Gasteiger partial charge in [0.15, 0.2) is 0 Å². The Hall–Kier alpha value is -1.62. The zero-order chi connectivity index (χ0) is 12.7. The Morgan fingerprint density at radius 2 is 2.18 bits per heavy atom. The summed E-state index contributed by atoms with van der Waals surface area (Å²) in [7, 11) is 0. The van der Waals surface area contributed by atoms with Crippen LogP contribution in [0, 0.1) is 0 Å². The molecular weight excluding hydrogens is 220 g/mol. The molecule has 0 saturated carbocycles. The maximum atomic E-state index is 11.6. The van der Waals surface area contributed by atoms with Crippen LogP contribution >= 0.6 is 0 Å². The van der Waals surface area contributed by atoms with Crippen LogP contribution in [0.4, 0.5) is 0 Å². The molecule has 1 aromatic heterocycles. The Morgan fingerprint density at radius 1 is 1.41 bits per heavy atom. The first-order valence-corrected chi connectivity index (χ1v) is 5.75. The molecule has 0 aliphatic heterocycles. The molecule has 0 unspecified atom stereocenters. The van der Waals surface area contributed by atoms with Crippen molar-refractivity contribution in [1.29, 1.82) is 0 Å². The molecule has 0 aliphatic carbocycles. The Kier molecular flexibility index (Phi) is 5.42. The molecule has 1 aromatic rings. The van der Waals surface area contributed by atoms with Crippen LogP contribution < -0.4 is 10.9 Å². The molecule has 0 aromatic carbocycles. The Balaban J connectivity index is 2.79. The fraction of sp³-hybridized carbons (Fsp3) is 0.500. The molecule has 94 valence electrons. The van der Waals surface area contributed by atoms with Gasteiger partial charge in [-0.2, -0.15) is 0 Å². The van der Waals surface area contributed by atoms with Gasteiger partial charge in [-0.3, -0.25) is 9.59 Å². The Bertz CT molecular complexity index is 426. The molecule has 0 spiro atoms. The lowest BCUT2D eigenvalue weighted by Crippen LogP contribution is -2.27. The van der Waals surface area contributed by atoms with E-state index in [-0.39, 0.29) is 11.5 Å². The summed E-state index contributed by atoms with van der Waals surface area (Å²) in [5, 5.41) is 2.69. The number of nitrogens with zero attached hydrogens (tertiary/aromatic N) is 1. The first kappa shape index (κ1) is 13.4. The molecule has 1 N–H and O–H groups in total. The second-order valence-electron chi connectivity index (χ2n) is 3.51. The van der Waals surface area contributed by atoms with Crippen molar-refractivity contribution < 1.29 is 9.53 Å². The summed E-state index contributed by atoms with van der Waals surface area (Å²) in [6.07, 6.45) is 1.56. The SMILES string of the molecule is CCNC(=O)c1ccc(=O)n(CCOCC)c1. The zero-order valence-corrected chi connectivity index (χ0v) is 10.2. The minimum Gasteiger partial charge on any atom is -0.380 e. The summed E-state index contributed by atoms with van der Waals surface area (Å²) in [4.78, 5) is 23.1. The number of carbonyl (C=O) groups is 1. The van der Waals surface area contributed by atoms with Gasteiger partial charge in [0.1, 0.15) is 0 Å². The van der Waals surface area contributed by atoms with Crippen molar-refractivity contribution in [3.05, 3.63) is 34.2 Å². The number of hydrogen-bond donors (Lipinski definition) is 1. The minimum absolute atomic E-state index is 0.127. The third-order valence-corrected chi connectivity index (χ3v) is 2.26. The molecule has 1 heterocycles. The van der Waals surface area contributed by atoms with Crippen molar-refractivity contribution in [2.75, 3.05) is 19.8 Å². The van der Waals surface area contributed by atoms with Crippen LogP contribution in [-0.2, 0) is 11.3 Å². The number of aromatic nitrogens is 1. The largest absolute Gasteiger partial charge is 0.380 e. The minimum atomic E-state index is -0.169. The number of carbonyl (C=O) groups excluding carboxylic acids is 1. The van der Waals surface area contributed by atoms with Crippen molar-refractivity contribution in [2.24, 2.45) is 0 Å². The molecule has 0 bridgehead atoms. The summed E-state index contributed by atoms with van der Waals surface area (Å²) >= 11 is 0. The first-order chi connectivity index (χ1) is 8.19. The number of hydrogen-bond acceptors (Lipinski definition) is 3. The molecule has 0 aliphatic rings. The number of pyridine rings is 1. The third kappa shape index (κ3) is 4.03. The highest BCUT2D eigenvalue weighted by Crippen LogP contribution is 1.96. The van der Waals surface area contributed by atoms with Crippen LogP contribution in [-0.4, -0.2) is 30.2 Å². The fourth-order valence-electron chi connectivity index (χ4n) is 1.41. The molecule has 1 rings (SSSR count). The summed E-state index contributed by atoms with van der Waals surface area (Å²) in [5.41, 5.74) is 0.362. The van der Waals surface area contributed by atoms with Gasteiger partial charge in [-0.1, -0.05) is 0 Å². The first-order valence-electron chi connectivity index (χ1n) is 5.75. The predicted molar refractivity (Wildman–Crippen MR) is 65.2 cm³/mol. The molecule has 0 radical (unpaired) electrons. The second kappa shape index (κ2) is 6.85. The summed E-state index contributed by atoms with van der Waals surface area (Å²) in [5.74, 6) is -0.169. The van der Waals surface area contributed by atoms with Crippen LogP contribution in [0.5, 0.6) is 0 Å². The average molecular weight is 238 g/mol. The normalized spacial score (nSPS) is 10.2. The molecule has 0 fully saturated rings. The van der Waals surface area contributed by atoms with E-state index in [4.69, 9.17) is 4.74 Å². The molecule has 5 nitrogen and oxygen atoms in total. The third-order valence-electron chi connectivity index (χ3n) is 2.26. The molecule has 0 atom stereocenters. The van der Waals surface area contributed by atoms with Gasteiger partial charge < -0.3 is 14.6 Å². The van der Waals surface area contributed by atoms with E-state index >= 15 is 0 Å².